The van der Waals surface area contributed by atoms with E-state index >= 15 is 0 Å². The summed E-state index contributed by atoms with van der Waals surface area (Å²) in [6, 6.07) is 0. The van der Waals surface area contributed by atoms with Gasteiger partial charge < -0.3 is 9.53 Å². The third kappa shape index (κ3) is 3.83. The van der Waals surface area contributed by atoms with Gasteiger partial charge in [0.15, 0.2) is 0 Å². The molecular weight excluding hydrogens is 154 g/mol. The van der Waals surface area contributed by atoms with Crippen LogP contribution in [0.3, 0.4) is 0 Å². The normalized spacial score (nSPS) is 19.3. The molecule has 1 saturated heterocycles. The number of ether oxygens (including phenoxy) is 1. The lowest BCUT2D eigenvalue weighted by Gasteiger charge is -2.26. The van der Waals surface area contributed by atoms with Crippen LogP contribution in [0, 0.1) is 0 Å². The number of morpholine rings is 1. The highest BCUT2D eigenvalue weighted by molar-refractivity contribution is 5.48. The summed E-state index contributed by atoms with van der Waals surface area (Å²) in [5.74, 6) is 0. The number of carbonyl (C=O) groups is 1. The third-order valence-corrected chi connectivity index (χ3v) is 2.15. The van der Waals surface area contributed by atoms with Gasteiger partial charge >= 0.3 is 0 Å². The highest BCUT2D eigenvalue weighted by atomic mass is 16.5. The Morgan fingerprint density at radius 3 is 2.67 bits per heavy atom. The Bertz CT molecular complexity index is 122. The standard InChI is InChI=1S/C9H17NO2/c11-7-3-1-2-4-10-5-8-12-9-6-10/h7H,1-6,8-9H2. The number of unbranched alkanes of at least 4 members (excludes halogenated alkanes) is 2. The molecule has 12 heavy (non-hydrogen) atoms. The maximum Gasteiger partial charge on any atom is 0.119 e. The zero-order valence-corrected chi connectivity index (χ0v) is 7.50. The van der Waals surface area contributed by atoms with Crippen LogP contribution in [0.2, 0.25) is 0 Å². The van der Waals surface area contributed by atoms with Gasteiger partial charge in [-0.2, -0.15) is 0 Å². The summed E-state index contributed by atoms with van der Waals surface area (Å²) >= 11 is 0. The van der Waals surface area contributed by atoms with Crippen molar-refractivity contribution in [3.63, 3.8) is 0 Å². The van der Waals surface area contributed by atoms with Gasteiger partial charge in [0.2, 0.25) is 0 Å². The summed E-state index contributed by atoms with van der Waals surface area (Å²) in [5, 5.41) is 0. The van der Waals surface area contributed by atoms with Crippen LogP contribution in [-0.2, 0) is 9.53 Å². The minimum atomic E-state index is 0.713. The molecule has 3 heteroatoms. The largest absolute Gasteiger partial charge is 0.379 e. The first-order valence-corrected chi connectivity index (χ1v) is 4.67. The molecule has 1 fully saturated rings. The van der Waals surface area contributed by atoms with Crippen LogP contribution in [-0.4, -0.2) is 44.0 Å². The fourth-order valence-electron chi connectivity index (χ4n) is 1.39. The van der Waals surface area contributed by atoms with Crippen LogP contribution >= 0.6 is 0 Å². The number of aldehydes is 1. The Kier molecular flexibility index (Phi) is 4.95. The van der Waals surface area contributed by atoms with Crippen molar-refractivity contribution < 1.29 is 9.53 Å². The lowest BCUT2D eigenvalue weighted by atomic mass is 10.2. The van der Waals surface area contributed by atoms with E-state index in [9.17, 15) is 4.79 Å². The van der Waals surface area contributed by atoms with Crippen molar-refractivity contribution in [3.8, 4) is 0 Å². The quantitative estimate of drug-likeness (QED) is 0.450. The summed E-state index contributed by atoms with van der Waals surface area (Å²) in [4.78, 5) is 12.4. The molecule has 1 heterocycles. The van der Waals surface area contributed by atoms with Crippen LogP contribution < -0.4 is 0 Å². The zero-order valence-electron chi connectivity index (χ0n) is 7.50. The monoisotopic (exact) mass is 171 g/mol. The van der Waals surface area contributed by atoms with Gasteiger partial charge in [-0.05, 0) is 19.4 Å². The second-order valence-corrected chi connectivity index (χ2v) is 3.12. The van der Waals surface area contributed by atoms with Gasteiger partial charge in [0.25, 0.3) is 0 Å². The molecule has 0 saturated carbocycles. The Balaban J connectivity index is 1.94. The summed E-state index contributed by atoms with van der Waals surface area (Å²) in [5.41, 5.74) is 0. The number of nitrogens with zero attached hydrogens (tertiary/aromatic N) is 1. The molecule has 0 aromatic rings. The molecule has 0 aromatic carbocycles. The van der Waals surface area contributed by atoms with Crippen molar-refractivity contribution in [2.45, 2.75) is 19.3 Å². The number of hydrogen-bond donors (Lipinski definition) is 0. The highest BCUT2D eigenvalue weighted by Crippen LogP contribution is 2.00. The lowest BCUT2D eigenvalue weighted by molar-refractivity contribution is -0.107. The molecule has 70 valence electrons. The fraction of sp³-hybridized carbons (Fsp3) is 0.889. The van der Waals surface area contributed by atoms with E-state index < -0.39 is 0 Å². The van der Waals surface area contributed by atoms with E-state index in [2.05, 4.69) is 4.90 Å². The molecular formula is C9H17NO2. The summed E-state index contributed by atoms with van der Waals surface area (Å²) < 4.78 is 5.23. The van der Waals surface area contributed by atoms with E-state index in [1.165, 1.54) is 0 Å². The van der Waals surface area contributed by atoms with Gasteiger partial charge in [-0.15, -0.1) is 0 Å². The predicted octanol–water partition coefficient (Wildman–Crippen LogP) is 0.688. The van der Waals surface area contributed by atoms with Gasteiger partial charge in [0, 0.05) is 19.5 Å². The summed E-state index contributed by atoms with van der Waals surface area (Å²) in [7, 11) is 0. The summed E-state index contributed by atoms with van der Waals surface area (Å²) in [6.45, 7) is 4.97. The van der Waals surface area contributed by atoms with Gasteiger partial charge in [0.05, 0.1) is 13.2 Å². The molecule has 0 unspecified atom stereocenters. The van der Waals surface area contributed by atoms with Crippen molar-refractivity contribution >= 4 is 6.29 Å². The number of hydrogen-bond acceptors (Lipinski definition) is 3. The second kappa shape index (κ2) is 6.14. The molecule has 0 aromatic heterocycles. The SMILES string of the molecule is O=CCCCCN1CCOCC1. The summed E-state index contributed by atoms with van der Waals surface area (Å²) in [6.07, 6.45) is 3.88. The van der Waals surface area contributed by atoms with Crippen molar-refractivity contribution in [1.82, 2.24) is 4.90 Å². The maximum absolute atomic E-state index is 10.0. The zero-order chi connectivity index (χ0) is 8.65. The third-order valence-electron chi connectivity index (χ3n) is 2.15. The molecule has 0 N–H and O–H groups in total. The number of carbonyl (C=O) groups excluding carboxylic acids is 1. The molecule has 0 bridgehead atoms. The Morgan fingerprint density at radius 1 is 1.25 bits per heavy atom. The first-order chi connectivity index (χ1) is 5.93. The molecule has 0 aliphatic carbocycles. The predicted molar refractivity (Wildman–Crippen MR) is 47.2 cm³/mol. The Hall–Kier alpha value is -0.410. The maximum atomic E-state index is 10.0. The number of rotatable bonds is 5. The van der Waals surface area contributed by atoms with Crippen molar-refractivity contribution in [2.75, 3.05) is 32.8 Å². The van der Waals surface area contributed by atoms with E-state index in [0.29, 0.717) is 6.42 Å². The molecule has 1 aliphatic rings. The van der Waals surface area contributed by atoms with Crippen LogP contribution in [0.4, 0.5) is 0 Å². The Morgan fingerprint density at radius 2 is 2.00 bits per heavy atom. The van der Waals surface area contributed by atoms with E-state index in [-0.39, 0.29) is 0 Å². The van der Waals surface area contributed by atoms with Gasteiger partial charge in [-0.1, -0.05) is 0 Å². The first-order valence-electron chi connectivity index (χ1n) is 4.67. The van der Waals surface area contributed by atoms with Crippen LogP contribution in [0.1, 0.15) is 19.3 Å². The van der Waals surface area contributed by atoms with Crippen molar-refractivity contribution in [3.05, 3.63) is 0 Å². The average molecular weight is 171 g/mol. The van der Waals surface area contributed by atoms with E-state index in [4.69, 9.17) is 4.74 Å². The minimum absolute atomic E-state index is 0.713. The van der Waals surface area contributed by atoms with E-state index in [1.54, 1.807) is 0 Å². The van der Waals surface area contributed by atoms with Crippen LogP contribution in [0.15, 0.2) is 0 Å². The van der Waals surface area contributed by atoms with Crippen molar-refractivity contribution in [1.29, 1.82) is 0 Å². The van der Waals surface area contributed by atoms with Crippen molar-refractivity contribution in [2.24, 2.45) is 0 Å². The molecule has 0 atom stereocenters. The minimum Gasteiger partial charge on any atom is -0.379 e. The molecule has 0 spiro atoms. The highest BCUT2D eigenvalue weighted by Gasteiger charge is 2.08. The van der Waals surface area contributed by atoms with Gasteiger partial charge in [-0.25, -0.2) is 0 Å². The molecule has 0 radical (unpaired) electrons. The lowest BCUT2D eigenvalue weighted by Crippen LogP contribution is -2.36. The topological polar surface area (TPSA) is 29.5 Å². The molecule has 3 nitrogen and oxygen atoms in total. The smallest absolute Gasteiger partial charge is 0.119 e. The fourth-order valence-corrected chi connectivity index (χ4v) is 1.39. The van der Waals surface area contributed by atoms with Crippen LogP contribution in [0.25, 0.3) is 0 Å². The van der Waals surface area contributed by atoms with E-state index in [0.717, 1.165) is 52.0 Å². The molecule has 0 amide bonds. The van der Waals surface area contributed by atoms with Gasteiger partial charge in [0.1, 0.15) is 6.29 Å². The molecule has 1 aliphatic heterocycles. The Labute approximate surface area is 73.7 Å². The second-order valence-electron chi connectivity index (χ2n) is 3.12. The van der Waals surface area contributed by atoms with Crippen LogP contribution in [0.5, 0.6) is 0 Å². The molecule has 1 rings (SSSR count). The first kappa shape index (κ1) is 9.68. The van der Waals surface area contributed by atoms with Gasteiger partial charge in [-0.3, -0.25) is 4.90 Å². The van der Waals surface area contributed by atoms with E-state index in [1.807, 2.05) is 0 Å². The average Bonchev–Trinajstić information content (AvgIpc) is 2.14.